The molecule has 0 atom stereocenters. The van der Waals surface area contributed by atoms with E-state index in [0.29, 0.717) is 17.8 Å². The second-order valence-electron chi connectivity index (χ2n) is 8.47. The molecule has 2 amide bonds. The third-order valence-electron chi connectivity index (χ3n) is 6.20. The zero-order valence-electron chi connectivity index (χ0n) is 20.1. The van der Waals surface area contributed by atoms with Crippen molar-refractivity contribution in [2.24, 2.45) is 5.73 Å². The lowest BCUT2D eigenvalue weighted by Crippen LogP contribution is -2.46. The number of hydrogen-bond donors (Lipinski definition) is 1. The van der Waals surface area contributed by atoms with Crippen molar-refractivity contribution >= 4 is 17.5 Å². The Labute approximate surface area is 199 Å². The summed E-state index contributed by atoms with van der Waals surface area (Å²) in [5.74, 6) is -0.619. The van der Waals surface area contributed by atoms with Crippen LogP contribution in [0.2, 0.25) is 0 Å². The topological polar surface area (TPSA) is 93.7 Å². The lowest BCUT2D eigenvalue weighted by molar-refractivity contribution is -0.114. The first-order valence-corrected chi connectivity index (χ1v) is 11.2. The summed E-state index contributed by atoms with van der Waals surface area (Å²) in [5.41, 5.74) is 8.04. The van der Waals surface area contributed by atoms with Gasteiger partial charge in [0, 0.05) is 44.5 Å². The average Bonchev–Trinajstić information content (AvgIpc) is 3.33. The summed E-state index contributed by atoms with van der Waals surface area (Å²) in [6, 6.07) is 4.88. The molecule has 0 saturated carbocycles. The number of hydrogen-bond acceptors (Lipinski definition) is 5. The van der Waals surface area contributed by atoms with Crippen LogP contribution in [0.3, 0.4) is 0 Å². The Bertz CT molecular complexity index is 1100. The number of carbonyl (C=O) groups is 2. The number of imidazole rings is 1. The lowest BCUT2D eigenvalue weighted by atomic mass is 10.0. The van der Waals surface area contributed by atoms with Crippen LogP contribution < -0.4 is 10.5 Å². The number of allylic oxidation sites excluding steroid dienone is 3. The Kier molecular flexibility index (Phi) is 8.22. The number of carbonyl (C=O) groups excluding carboxylic acids is 2. The van der Waals surface area contributed by atoms with Gasteiger partial charge in [0.1, 0.15) is 6.33 Å². The number of rotatable bonds is 7. The van der Waals surface area contributed by atoms with Gasteiger partial charge >= 0.3 is 6.03 Å². The maximum atomic E-state index is 13.7. The number of ether oxygens (including phenoxy) is 1. The highest BCUT2D eigenvalue weighted by molar-refractivity contribution is 5.94. The first kappa shape index (κ1) is 25.2. The van der Waals surface area contributed by atoms with Gasteiger partial charge in [-0.05, 0) is 56.0 Å². The molecular formula is C25H32FN5O3. The van der Waals surface area contributed by atoms with Crippen LogP contribution >= 0.6 is 0 Å². The second-order valence-corrected chi connectivity index (χ2v) is 8.47. The standard InChI is InChI=1S/C25H32FN5O3/c1-5-19(12-17(2)24(27)32)22-15-31(16-28-22)25(33)29(3)20-8-10-30(11-9-20)14-18-6-7-21(26)23(13-18)34-4/h5-7,12-13,15-16,20H,8-11,14H2,1-4H3,(H2,27,32). The number of likely N-dealkylation sites (tertiary alicyclic amines) is 1. The highest BCUT2D eigenvalue weighted by Crippen LogP contribution is 2.23. The van der Waals surface area contributed by atoms with Crippen LogP contribution in [0.15, 0.2) is 48.4 Å². The Hall–Kier alpha value is -3.46. The van der Waals surface area contributed by atoms with Gasteiger partial charge in [-0.3, -0.25) is 14.3 Å². The zero-order chi connectivity index (χ0) is 24.8. The fourth-order valence-electron chi connectivity index (χ4n) is 4.05. The number of nitrogens with two attached hydrogens (primary N) is 1. The minimum absolute atomic E-state index is 0.107. The van der Waals surface area contributed by atoms with Gasteiger partial charge in [-0.1, -0.05) is 12.1 Å². The molecule has 0 bridgehead atoms. The van der Waals surface area contributed by atoms with E-state index < -0.39 is 5.91 Å². The molecule has 2 N–H and O–H groups in total. The average molecular weight is 470 g/mol. The van der Waals surface area contributed by atoms with Crippen molar-refractivity contribution in [3.05, 3.63) is 65.5 Å². The van der Waals surface area contributed by atoms with Crippen LogP contribution in [-0.4, -0.2) is 64.6 Å². The fourth-order valence-corrected chi connectivity index (χ4v) is 4.05. The van der Waals surface area contributed by atoms with Crippen LogP contribution in [0.25, 0.3) is 5.57 Å². The maximum Gasteiger partial charge on any atom is 0.329 e. The summed E-state index contributed by atoms with van der Waals surface area (Å²) in [6.07, 6.45) is 8.30. The smallest absolute Gasteiger partial charge is 0.329 e. The number of halogens is 1. The van der Waals surface area contributed by atoms with Gasteiger partial charge < -0.3 is 15.4 Å². The number of piperidine rings is 1. The van der Waals surface area contributed by atoms with E-state index in [1.807, 2.05) is 13.0 Å². The van der Waals surface area contributed by atoms with Crippen molar-refractivity contribution < 1.29 is 18.7 Å². The van der Waals surface area contributed by atoms with Gasteiger partial charge in [-0.15, -0.1) is 0 Å². The molecule has 3 rings (SSSR count). The van der Waals surface area contributed by atoms with Crippen molar-refractivity contribution in [1.82, 2.24) is 19.4 Å². The molecule has 1 saturated heterocycles. The third kappa shape index (κ3) is 5.91. The van der Waals surface area contributed by atoms with Gasteiger partial charge in [0.2, 0.25) is 5.91 Å². The van der Waals surface area contributed by atoms with E-state index in [0.717, 1.165) is 37.1 Å². The van der Waals surface area contributed by atoms with Crippen molar-refractivity contribution in [1.29, 1.82) is 0 Å². The van der Waals surface area contributed by atoms with E-state index in [4.69, 9.17) is 10.5 Å². The van der Waals surface area contributed by atoms with Crippen LogP contribution in [0, 0.1) is 5.82 Å². The molecule has 1 aromatic heterocycles. The molecule has 0 aliphatic carbocycles. The van der Waals surface area contributed by atoms with Gasteiger partial charge in [-0.2, -0.15) is 0 Å². The Morgan fingerprint density at radius 2 is 2.03 bits per heavy atom. The monoisotopic (exact) mass is 469 g/mol. The fraction of sp³-hybridized carbons (Fsp3) is 0.400. The Morgan fingerprint density at radius 1 is 1.32 bits per heavy atom. The first-order chi connectivity index (χ1) is 16.2. The molecule has 0 unspecified atom stereocenters. The summed E-state index contributed by atoms with van der Waals surface area (Å²) in [6.45, 7) is 5.84. The number of benzene rings is 1. The molecule has 9 heteroatoms. The minimum Gasteiger partial charge on any atom is -0.494 e. The molecule has 2 aromatic rings. The number of nitrogens with zero attached hydrogens (tertiary/aromatic N) is 4. The van der Waals surface area contributed by atoms with Crippen molar-refractivity contribution in [3.63, 3.8) is 0 Å². The molecular weight excluding hydrogens is 437 g/mol. The molecule has 182 valence electrons. The molecule has 2 heterocycles. The second kappa shape index (κ2) is 11.1. The van der Waals surface area contributed by atoms with Gasteiger partial charge in [0.05, 0.1) is 12.8 Å². The Balaban J connectivity index is 1.59. The highest BCUT2D eigenvalue weighted by atomic mass is 19.1. The molecule has 0 spiro atoms. The summed E-state index contributed by atoms with van der Waals surface area (Å²) in [7, 11) is 3.27. The number of aromatic nitrogens is 2. The minimum atomic E-state index is -0.500. The van der Waals surface area contributed by atoms with Crippen molar-refractivity contribution in [2.45, 2.75) is 39.3 Å². The largest absolute Gasteiger partial charge is 0.494 e. The number of methoxy groups -OCH3 is 1. The first-order valence-electron chi connectivity index (χ1n) is 11.2. The quantitative estimate of drug-likeness (QED) is 0.495. The molecule has 34 heavy (non-hydrogen) atoms. The predicted octanol–water partition coefficient (Wildman–Crippen LogP) is 3.43. The molecule has 1 aliphatic rings. The van der Waals surface area contributed by atoms with E-state index in [9.17, 15) is 14.0 Å². The highest BCUT2D eigenvalue weighted by Gasteiger charge is 2.26. The van der Waals surface area contributed by atoms with Gasteiger partial charge in [0.15, 0.2) is 11.6 Å². The SMILES string of the molecule is CC=C(C=C(C)C(N)=O)c1cn(C(=O)N(C)C2CCN(Cc3ccc(F)c(OC)c3)CC2)cn1. The van der Waals surface area contributed by atoms with E-state index in [-0.39, 0.29) is 23.6 Å². The molecule has 1 fully saturated rings. The third-order valence-corrected chi connectivity index (χ3v) is 6.20. The molecule has 8 nitrogen and oxygen atoms in total. The van der Waals surface area contributed by atoms with E-state index >= 15 is 0 Å². The summed E-state index contributed by atoms with van der Waals surface area (Å²) < 4.78 is 20.2. The maximum absolute atomic E-state index is 13.7. The van der Waals surface area contributed by atoms with Crippen LogP contribution in [0.5, 0.6) is 5.75 Å². The lowest BCUT2D eigenvalue weighted by Gasteiger charge is -2.36. The van der Waals surface area contributed by atoms with Crippen LogP contribution in [0.1, 0.15) is 37.9 Å². The van der Waals surface area contributed by atoms with Crippen molar-refractivity contribution in [3.8, 4) is 5.75 Å². The number of amides is 2. The van der Waals surface area contributed by atoms with Gasteiger partial charge in [0.25, 0.3) is 0 Å². The predicted molar refractivity (Wildman–Crippen MR) is 129 cm³/mol. The normalized spacial score (nSPS) is 15.9. The van der Waals surface area contributed by atoms with Gasteiger partial charge in [-0.25, -0.2) is 14.2 Å². The zero-order valence-corrected chi connectivity index (χ0v) is 20.1. The van der Waals surface area contributed by atoms with E-state index in [1.54, 1.807) is 43.3 Å². The van der Waals surface area contributed by atoms with Crippen molar-refractivity contribution in [2.75, 3.05) is 27.2 Å². The van der Waals surface area contributed by atoms with E-state index in [1.165, 1.54) is 24.1 Å². The Morgan fingerprint density at radius 3 is 2.65 bits per heavy atom. The molecule has 0 radical (unpaired) electrons. The number of primary amides is 1. The van der Waals surface area contributed by atoms with Crippen LogP contribution in [0.4, 0.5) is 9.18 Å². The summed E-state index contributed by atoms with van der Waals surface area (Å²) >= 11 is 0. The summed E-state index contributed by atoms with van der Waals surface area (Å²) in [4.78, 5) is 32.8. The molecule has 1 aromatic carbocycles. The summed E-state index contributed by atoms with van der Waals surface area (Å²) in [5, 5.41) is 0. The van der Waals surface area contributed by atoms with E-state index in [2.05, 4.69) is 9.88 Å². The molecule has 1 aliphatic heterocycles. The van der Waals surface area contributed by atoms with Crippen LogP contribution in [-0.2, 0) is 11.3 Å².